The van der Waals surface area contributed by atoms with E-state index in [4.69, 9.17) is 9.88 Å². The van der Waals surface area contributed by atoms with E-state index in [1.165, 1.54) is 24.3 Å². The zero-order valence-corrected chi connectivity index (χ0v) is 12.9. The second kappa shape index (κ2) is 6.86. The molecule has 8 heteroatoms. The van der Waals surface area contributed by atoms with Crippen molar-refractivity contribution in [3.63, 3.8) is 0 Å². The Morgan fingerprint density at radius 1 is 1.24 bits per heavy atom. The van der Waals surface area contributed by atoms with Gasteiger partial charge in [0.2, 0.25) is 10.0 Å². The summed E-state index contributed by atoms with van der Waals surface area (Å²) >= 11 is 0. The normalized spacial score (nSPS) is 12.1. The van der Waals surface area contributed by atoms with Crippen LogP contribution in [0.3, 0.4) is 0 Å². The number of nitro benzene ring substituents is 1. The van der Waals surface area contributed by atoms with Gasteiger partial charge >= 0.3 is 0 Å². The number of non-ortho nitro benzene ring substituents is 1. The number of benzene rings is 1. The molecule has 21 heavy (non-hydrogen) atoms. The number of hydrogen-bond donors (Lipinski definition) is 1. The molecule has 1 aromatic rings. The number of sulfonamides is 1. The number of nitrogens with zero attached hydrogens (tertiary/aromatic N) is 1. The summed E-state index contributed by atoms with van der Waals surface area (Å²) in [4.78, 5) is 10.1. The van der Waals surface area contributed by atoms with Crippen molar-refractivity contribution in [1.82, 2.24) is 0 Å². The van der Waals surface area contributed by atoms with E-state index >= 15 is 0 Å². The van der Waals surface area contributed by atoms with E-state index in [0.717, 1.165) is 0 Å². The molecular weight excluding hydrogens is 296 g/mol. The average molecular weight is 316 g/mol. The SMILES string of the molecule is CCC(CC)(COc1ccc([N+](=O)[O-])cc1)CS(N)(=O)=O. The summed E-state index contributed by atoms with van der Waals surface area (Å²) in [5.41, 5.74) is -0.584. The van der Waals surface area contributed by atoms with Gasteiger partial charge in [-0.25, -0.2) is 13.6 Å². The smallest absolute Gasteiger partial charge is 0.269 e. The molecule has 0 amide bonds. The molecule has 0 aliphatic heterocycles. The van der Waals surface area contributed by atoms with Crippen LogP contribution in [0, 0.1) is 15.5 Å². The summed E-state index contributed by atoms with van der Waals surface area (Å²) in [7, 11) is -3.60. The predicted octanol–water partition coefficient (Wildman–Crippen LogP) is 2.07. The van der Waals surface area contributed by atoms with Gasteiger partial charge in [0.05, 0.1) is 17.3 Å². The lowest BCUT2D eigenvalue weighted by Gasteiger charge is -2.30. The molecule has 0 saturated heterocycles. The van der Waals surface area contributed by atoms with Gasteiger partial charge in [0.15, 0.2) is 0 Å². The van der Waals surface area contributed by atoms with Crippen LogP contribution in [0.25, 0.3) is 0 Å². The van der Waals surface area contributed by atoms with Gasteiger partial charge in [0.25, 0.3) is 5.69 Å². The molecule has 7 nitrogen and oxygen atoms in total. The molecule has 0 heterocycles. The van der Waals surface area contributed by atoms with Crippen LogP contribution in [0.1, 0.15) is 26.7 Å². The first-order valence-electron chi connectivity index (χ1n) is 6.59. The zero-order valence-electron chi connectivity index (χ0n) is 12.1. The van der Waals surface area contributed by atoms with E-state index < -0.39 is 20.4 Å². The van der Waals surface area contributed by atoms with Gasteiger partial charge in [-0.1, -0.05) is 13.8 Å². The zero-order chi connectivity index (χ0) is 16.1. The largest absolute Gasteiger partial charge is 0.493 e. The van der Waals surface area contributed by atoms with E-state index in [1.807, 2.05) is 13.8 Å². The lowest BCUT2D eigenvalue weighted by atomic mass is 9.85. The van der Waals surface area contributed by atoms with Crippen molar-refractivity contribution < 1.29 is 18.1 Å². The van der Waals surface area contributed by atoms with E-state index in [0.29, 0.717) is 18.6 Å². The maximum absolute atomic E-state index is 11.3. The third kappa shape index (κ3) is 5.31. The minimum Gasteiger partial charge on any atom is -0.493 e. The highest BCUT2D eigenvalue weighted by Crippen LogP contribution is 2.29. The topological polar surface area (TPSA) is 113 Å². The molecule has 0 radical (unpaired) electrons. The number of rotatable bonds is 8. The van der Waals surface area contributed by atoms with Crippen molar-refractivity contribution in [2.24, 2.45) is 10.6 Å². The van der Waals surface area contributed by atoms with Crippen molar-refractivity contribution in [3.05, 3.63) is 34.4 Å². The van der Waals surface area contributed by atoms with Crippen molar-refractivity contribution in [2.45, 2.75) is 26.7 Å². The van der Waals surface area contributed by atoms with Gasteiger partial charge in [0.1, 0.15) is 5.75 Å². The lowest BCUT2D eigenvalue weighted by Crippen LogP contribution is -2.37. The first-order valence-corrected chi connectivity index (χ1v) is 8.30. The third-order valence-corrected chi connectivity index (χ3v) is 4.61. The monoisotopic (exact) mass is 316 g/mol. The molecule has 0 aliphatic rings. The third-order valence-electron chi connectivity index (χ3n) is 3.60. The molecule has 0 fully saturated rings. The first-order chi connectivity index (χ1) is 9.71. The van der Waals surface area contributed by atoms with Crippen molar-refractivity contribution >= 4 is 15.7 Å². The molecule has 1 aromatic carbocycles. The molecular formula is C13H20N2O5S. The summed E-state index contributed by atoms with van der Waals surface area (Å²) < 4.78 is 28.3. The van der Waals surface area contributed by atoms with Gasteiger partial charge in [-0.3, -0.25) is 10.1 Å². The average Bonchev–Trinajstić information content (AvgIpc) is 2.42. The maximum atomic E-state index is 11.3. The molecule has 0 aliphatic carbocycles. The molecule has 1 rings (SSSR count). The van der Waals surface area contributed by atoms with Gasteiger partial charge in [-0.05, 0) is 25.0 Å². The van der Waals surface area contributed by atoms with Crippen LogP contribution in [0.5, 0.6) is 5.75 Å². The highest BCUT2D eigenvalue weighted by atomic mass is 32.2. The Kier molecular flexibility index (Phi) is 5.68. The maximum Gasteiger partial charge on any atom is 0.269 e. The molecule has 0 unspecified atom stereocenters. The molecule has 118 valence electrons. The second-order valence-electron chi connectivity index (χ2n) is 5.05. The molecule has 0 saturated carbocycles. The van der Waals surface area contributed by atoms with Crippen LogP contribution in [0.4, 0.5) is 5.69 Å². The Morgan fingerprint density at radius 2 is 1.76 bits per heavy atom. The van der Waals surface area contributed by atoms with E-state index in [-0.39, 0.29) is 18.0 Å². The quantitative estimate of drug-likeness (QED) is 0.582. The van der Waals surface area contributed by atoms with Crippen LogP contribution >= 0.6 is 0 Å². The van der Waals surface area contributed by atoms with Gasteiger partial charge in [0, 0.05) is 17.5 Å². The molecule has 0 spiro atoms. The Labute approximate surface area is 124 Å². The standard InChI is InChI=1S/C13H20N2O5S/c1-3-13(4-2,10-21(14,18)19)9-20-12-7-5-11(6-8-12)15(16)17/h5-8H,3-4,9-10H2,1-2H3,(H2,14,18,19). The summed E-state index contributed by atoms with van der Waals surface area (Å²) in [5, 5.41) is 15.7. The van der Waals surface area contributed by atoms with Crippen LogP contribution in [0.2, 0.25) is 0 Å². The first kappa shape index (κ1) is 17.4. The number of nitro groups is 1. The Balaban J connectivity index is 2.79. The van der Waals surface area contributed by atoms with Crippen molar-refractivity contribution in [3.8, 4) is 5.75 Å². The fourth-order valence-electron chi connectivity index (χ4n) is 2.03. The van der Waals surface area contributed by atoms with Gasteiger partial charge < -0.3 is 4.74 Å². The minimum absolute atomic E-state index is 0.0240. The minimum atomic E-state index is -3.60. The summed E-state index contributed by atoms with van der Waals surface area (Å²) in [6, 6.07) is 5.67. The molecule has 2 N–H and O–H groups in total. The number of nitrogens with two attached hydrogens (primary N) is 1. The summed E-state index contributed by atoms with van der Waals surface area (Å²) in [6.07, 6.45) is 1.21. The Morgan fingerprint density at radius 3 is 2.14 bits per heavy atom. The highest BCUT2D eigenvalue weighted by Gasteiger charge is 2.32. The van der Waals surface area contributed by atoms with Crippen LogP contribution in [-0.4, -0.2) is 25.7 Å². The number of primary sulfonamides is 1. The molecule has 0 atom stereocenters. The Hall–Kier alpha value is -1.67. The number of hydrogen-bond acceptors (Lipinski definition) is 5. The van der Waals surface area contributed by atoms with E-state index in [1.54, 1.807) is 0 Å². The predicted molar refractivity (Wildman–Crippen MR) is 79.6 cm³/mol. The Bertz CT molecular complexity index is 579. The van der Waals surface area contributed by atoms with Crippen molar-refractivity contribution in [2.75, 3.05) is 12.4 Å². The van der Waals surface area contributed by atoms with Crippen LogP contribution in [0.15, 0.2) is 24.3 Å². The van der Waals surface area contributed by atoms with E-state index in [2.05, 4.69) is 0 Å². The van der Waals surface area contributed by atoms with Gasteiger partial charge in [-0.15, -0.1) is 0 Å². The van der Waals surface area contributed by atoms with Crippen molar-refractivity contribution in [1.29, 1.82) is 0 Å². The van der Waals surface area contributed by atoms with E-state index in [9.17, 15) is 18.5 Å². The fourth-order valence-corrected chi connectivity index (χ4v) is 3.37. The molecule has 0 aromatic heterocycles. The second-order valence-corrected chi connectivity index (χ2v) is 6.67. The molecule has 0 bridgehead atoms. The number of ether oxygens (including phenoxy) is 1. The summed E-state index contributed by atoms with van der Waals surface area (Å²) in [5.74, 6) is 0.307. The fraction of sp³-hybridized carbons (Fsp3) is 0.538. The lowest BCUT2D eigenvalue weighted by molar-refractivity contribution is -0.384. The van der Waals surface area contributed by atoms with Crippen LogP contribution in [-0.2, 0) is 10.0 Å². The highest BCUT2D eigenvalue weighted by molar-refractivity contribution is 7.89. The van der Waals surface area contributed by atoms with Crippen LogP contribution < -0.4 is 9.88 Å². The van der Waals surface area contributed by atoms with Gasteiger partial charge in [-0.2, -0.15) is 0 Å². The summed E-state index contributed by atoms with van der Waals surface area (Å²) in [6.45, 7) is 3.95.